The third-order valence-corrected chi connectivity index (χ3v) is 5.44. The number of ether oxygens (including phenoxy) is 2. The van der Waals surface area contributed by atoms with E-state index in [-0.39, 0.29) is 37.1 Å². The maximum Gasteiger partial charge on any atom is 0.408 e. The highest BCUT2D eigenvalue weighted by atomic mass is 16.5. The van der Waals surface area contributed by atoms with Crippen LogP contribution in [0.25, 0.3) is 0 Å². The Hall–Kier alpha value is -5.26. The molecule has 3 aromatic rings. The van der Waals surface area contributed by atoms with Gasteiger partial charge in [-0.15, -0.1) is 0 Å². The quantitative estimate of drug-likeness (QED) is 0.176. The molecule has 0 aliphatic carbocycles. The predicted octanol–water partition coefficient (Wildman–Crippen LogP) is 2.38. The van der Waals surface area contributed by atoms with E-state index >= 15 is 0 Å². The van der Waals surface area contributed by atoms with Crippen molar-refractivity contribution < 1.29 is 38.9 Å². The molecule has 0 spiro atoms. The maximum atomic E-state index is 12.5. The van der Waals surface area contributed by atoms with Crippen molar-refractivity contribution in [2.75, 3.05) is 19.7 Å². The minimum Gasteiger partial charge on any atom is -0.507 e. The van der Waals surface area contributed by atoms with E-state index in [0.717, 1.165) is 11.1 Å². The highest BCUT2D eigenvalue weighted by Crippen LogP contribution is 2.23. The molecular formula is C28H30N4O8. The third kappa shape index (κ3) is 9.89. The summed E-state index contributed by atoms with van der Waals surface area (Å²) in [4.78, 5) is 47.9. The van der Waals surface area contributed by atoms with Crippen molar-refractivity contribution in [3.8, 4) is 11.5 Å². The summed E-state index contributed by atoms with van der Waals surface area (Å²) < 4.78 is 10.5. The van der Waals surface area contributed by atoms with Crippen molar-refractivity contribution in [3.63, 3.8) is 0 Å². The molecule has 12 heteroatoms. The first kappa shape index (κ1) is 29.3. The average molecular weight is 551 g/mol. The summed E-state index contributed by atoms with van der Waals surface area (Å²) >= 11 is 0. The molecule has 4 amide bonds. The van der Waals surface area contributed by atoms with Crippen LogP contribution in [0.5, 0.6) is 11.5 Å². The molecule has 6 N–H and O–H groups in total. The fraction of sp³-hybridized carbons (Fsp3) is 0.214. The zero-order valence-electron chi connectivity index (χ0n) is 21.5. The largest absolute Gasteiger partial charge is 0.507 e. The summed E-state index contributed by atoms with van der Waals surface area (Å²) in [6.07, 6.45) is -0.960. The number of amides is 4. The van der Waals surface area contributed by atoms with Gasteiger partial charge in [0.25, 0.3) is 5.91 Å². The molecule has 0 heterocycles. The number of phenols is 1. The van der Waals surface area contributed by atoms with Gasteiger partial charge in [0.2, 0.25) is 0 Å². The number of alkyl carbamates (subject to hydrolysis) is 1. The molecular weight excluding hydrogens is 520 g/mol. The van der Waals surface area contributed by atoms with Crippen LogP contribution < -0.4 is 26.0 Å². The number of phenolic OH excluding ortho intramolecular Hbond substituents is 1. The molecule has 0 saturated heterocycles. The fourth-order valence-corrected chi connectivity index (χ4v) is 3.36. The number of hydrogen-bond acceptors (Lipinski definition) is 7. The van der Waals surface area contributed by atoms with Gasteiger partial charge in [-0.3, -0.25) is 4.79 Å². The Kier molecular flexibility index (Phi) is 11.2. The third-order valence-electron chi connectivity index (χ3n) is 5.44. The van der Waals surface area contributed by atoms with Crippen molar-refractivity contribution in [1.29, 1.82) is 0 Å². The lowest BCUT2D eigenvalue weighted by Crippen LogP contribution is -2.48. The molecule has 3 rings (SSSR count). The second kappa shape index (κ2) is 15.2. The monoisotopic (exact) mass is 550 g/mol. The van der Waals surface area contributed by atoms with Gasteiger partial charge in [0.1, 0.15) is 30.8 Å². The lowest BCUT2D eigenvalue weighted by molar-refractivity contribution is -0.139. The number of benzene rings is 3. The number of rotatable bonds is 13. The molecule has 210 valence electrons. The van der Waals surface area contributed by atoms with Gasteiger partial charge in [0, 0.05) is 19.2 Å². The van der Waals surface area contributed by atoms with E-state index in [1.807, 2.05) is 30.3 Å². The molecule has 0 saturated carbocycles. The second-order valence-electron chi connectivity index (χ2n) is 8.43. The average Bonchev–Trinajstić information content (AvgIpc) is 2.96. The Morgan fingerprint density at radius 3 is 2.15 bits per heavy atom. The molecule has 0 unspecified atom stereocenters. The normalized spacial score (nSPS) is 11.0. The van der Waals surface area contributed by atoms with Gasteiger partial charge in [-0.25, -0.2) is 14.4 Å². The zero-order valence-corrected chi connectivity index (χ0v) is 21.5. The van der Waals surface area contributed by atoms with Crippen LogP contribution in [-0.4, -0.2) is 60.0 Å². The zero-order chi connectivity index (χ0) is 28.7. The Balaban J connectivity index is 1.39. The second-order valence-corrected chi connectivity index (χ2v) is 8.43. The van der Waals surface area contributed by atoms with Crippen molar-refractivity contribution in [2.45, 2.75) is 19.2 Å². The summed E-state index contributed by atoms with van der Waals surface area (Å²) in [5.41, 5.74) is 1.56. The standard InChI is InChI=1S/C28H30N4O8/c33-24-15-21(39-14-13-29-27(37)31-16-19-7-3-1-4-8-19)11-12-22(24)25(34)30-17-23(26(35)36)32-28(38)40-18-20-9-5-2-6-10-20/h1-12,15,23,33H,13-14,16-18H2,(H,30,34)(H,32,38)(H,35,36)(H2,29,31,37)/t23-/m0/s1. The number of urea groups is 1. The van der Waals surface area contributed by atoms with Crippen molar-refractivity contribution in [1.82, 2.24) is 21.3 Å². The van der Waals surface area contributed by atoms with Crippen LogP contribution in [0.1, 0.15) is 21.5 Å². The number of carboxylic acids is 1. The van der Waals surface area contributed by atoms with Crippen molar-refractivity contribution in [2.24, 2.45) is 0 Å². The van der Waals surface area contributed by atoms with E-state index in [9.17, 15) is 29.4 Å². The maximum absolute atomic E-state index is 12.5. The summed E-state index contributed by atoms with van der Waals surface area (Å²) in [7, 11) is 0. The Morgan fingerprint density at radius 1 is 0.825 bits per heavy atom. The lowest BCUT2D eigenvalue weighted by Gasteiger charge is -2.16. The van der Waals surface area contributed by atoms with E-state index in [1.165, 1.54) is 18.2 Å². The van der Waals surface area contributed by atoms with E-state index in [2.05, 4.69) is 21.3 Å². The van der Waals surface area contributed by atoms with Gasteiger partial charge in [-0.1, -0.05) is 60.7 Å². The molecule has 0 aliphatic rings. The number of aliphatic carboxylic acids is 1. The molecule has 12 nitrogen and oxygen atoms in total. The number of carboxylic acid groups (broad SMARTS) is 1. The summed E-state index contributed by atoms with van der Waals surface area (Å²) in [6, 6.07) is 20.4. The molecule has 1 atom stereocenters. The van der Waals surface area contributed by atoms with E-state index in [0.29, 0.717) is 6.54 Å². The van der Waals surface area contributed by atoms with Crippen LogP contribution in [0.2, 0.25) is 0 Å². The first-order valence-corrected chi connectivity index (χ1v) is 12.3. The van der Waals surface area contributed by atoms with Gasteiger partial charge < -0.3 is 41.0 Å². The molecule has 0 aliphatic heterocycles. The van der Waals surface area contributed by atoms with Gasteiger partial charge in [0.05, 0.1) is 12.1 Å². The van der Waals surface area contributed by atoms with Crippen LogP contribution in [0.15, 0.2) is 78.9 Å². The number of carbonyl (C=O) groups is 4. The number of carbonyl (C=O) groups excluding carboxylic acids is 3. The van der Waals surface area contributed by atoms with Crippen LogP contribution in [-0.2, 0) is 22.7 Å². The first-order valence-electron chi connectivity index (χ1n) is 12.3. The van der Waals surface area contributed by atoms with E-state index in [1.54, 1.807) is 30.3 Å². The summed E-state index contributed by atoms with van der Waals surface area (Å²) in [5.74, 6) is -2.28. The Labute approximate surface area is 230 Å². The minimum atomic E-state index is -1.46. The molecule has 40 heavy (non-hydrogen) atoms. The van der Waals surface area contributed by atoms with Gasteiger partial charge in [-0.05, 0) is 23.3 Å². The van der Waals surface area contributed by atoms with Gasteiger partial charge in [0.15, 0.2) is 0 Å². The van der Waals surface area contributed by atoms with E-state index in [4.69, 9.17) is 9.47 Å². The lowest BCUT2D eigenvalue weighted by atomic mass is 10.1. The number of nitrogens with one attached hydrogen (secondary N) is 4. The highest BCUT2D eigenvalue weighted by Gasteiger charge is 2.22. The summed E-state index contributed by atoms with van der Waals surface area (Å²) in [5, 5.41) is 29.5. The summed E-state index contributed by atoms with van der Waals surface area (Å²) in [6.45, 7) is 0.180. The van der Waals surface area contributed by atoms with Crippen molar-refractivity contribution in [3.05, 3.63) is 95.6 Å². The Morgan fingerprint density at radius 2 is 1.50 bits per heavy atom. The molecule has 3 aromatic carbocycles. The van der Waals surface area contributed by atoms with Gasteiger partial charge in [-0.2, -0.15) is 0 Å². The molecule has 0 radical (unpaired) electrons. The van der Waals surface area contributed by atoms with Gasteiger partial charge >= 0.3 is 18.1 Å². The smallest absolute Gasteiger partial charge is 0.408 e. The Bertz CT molecular complexity index is 1290. The van der Waals surface area contributed by atoms with E-state index < -0.39 is 36.3 Å². The fourth-order valence-electron chi connectivity index (χ4n) is 3.36. The van der Waals surface area contributed by atoms with Crippen LogP contribution in [0.4, 0.5) is 9.59 Å². The number of hydrogen-bond donors (Lipinski definition) is 6. The highest BCUT2D eigenvalue weighted by molar-refractivity contribution is 5.97. The van der Waals surface area contributed by atoms with Crippen LogP contribution in [0, 0.1) is 0 Å². The SMILES string of the molecule is O=C(NCCOc1ccc(C(=O)NC[C@H](NC(=O)OCc2ccccc2)C(=O)O)c(O)c1)NCc1ccccc1. The molecule has 0 aromatic heterocycles. The topological polar surface area (TPSA) is 175 Å². The molecule has 0 fully saturated rings. The molecule has 0 bridgehead atoms. The number of aromatic hydroxyl groups is 1. The van der Waals surface area contributed by atoms with Crippen LogP contribution in [0.3, 0.4) is 0 Å². The van der Waals surface area contributed by atoms with Crippen molar-refractivity contribution >= 4 is 24.0 Å². The minimum absolute atomic E-state index is 0.0504. The first-order chi connectivity index (χ1) is 19.3. The van der Waals surface area contributed by atoms with Crippen LogP contribution >= 0.6 is 0 Å². The predicted molar refractivity (Wildman–Crippen MR) is 144 cm³/mol.